The molecular weight excluding hydrogens is 295 g/mol. The molecule has 1 saturated heterocycles. The Morgan fingerprint density at radius 3 is 2.77 bits per heavy atom. The van der Waals surface area contributed by atoms with Crippen LogP contribution in [0.3, 0.4) is 0 Å². The maximum Gasteiger partial charge on any atom is 0.471 e. The Kier molecular flexibility index (Phi) is 3.78. The molecule has 6 heteroatoms. The Morgan fingerprint density at radius 1 is 1.32 bits per heavy atom. The summed E-state index contributed by atoms with van der Waals surface area (Å²) in [6, 6.07) is 5.39. The molecule has 1 heterocycles. The predicted octanol–water partition coefficient (Wildman–Crippen LogP) is 3.28. The van der Waals surface area contributed by atoms with Gasteiger partial charge in [-0.1, -0.05) is 6.07 Å². The second-order valence-corrected chi connectivity index (χ2v) is 5.92. The number of carbonyl (C=O) groups excluding carboxylic acids is 1. The predicted molar refractivity (Wildman–Crippen MR) is 74.8 cm³/mol. The number of methoxy groups -OCH3 is 1. The lowest BCUT2D eigenvalue weighted by molar-refractivity contribution is -0.189. The number of hydrogen-bond acceptors (Lipinski definition) is 2. The van der Waals surface area contributed by atoms with Crippen LogP contribution in [0, 0.1) is 0 Å². The number of likely N-dealkylation sites (tertiary alicyclic amines) is 1. The molecule has 1 aromatic carbocycles. The topological polar surface area (TPSA) is 29.5 Å². The van der Waals surface area contributed by atoms with Crippen molar-refractivity contribution in [2.75, 3.05) is 13.7 Å². The van der Waals surface area contributed by atoms with Gasteiger partial charge in [0.1, 0.15) is 5.75 Å². The van der Waals surface area contributed by atoms with Crippen LogP contribution in [0.1, 0.15) is 36.3 Å². The average Bonchev–Trinajstić information content (AvgIpc) is 2.51. The molecule has 0 bridgehead atoms. The van der Waals surface area contributed by atoms with Crippen LogP contribution >= 0.6 is 0 Å². The fourth-order valence-corrected chi connectivity index (χ4v) is 3.78. The summed E-state index contributed by atoms with van der Waals surface area (Å²) < 4.78 is 43.5. The number of halogens is 3. The quantitative estimate of drug-likeness (QED) is 0.796. The third kappa shape index (κ3) is 2.55. The van der Waals surface area contributed by atoms with Crippen molar-refractivity contribution in [3.8, 4) is 5.75 Å². The fraction of sp³-hybridized carbons (Fsp3) is 0.562. The molecular formula is C16H18F3NO2. The van der Waals surface area contributed by atoms with Crippen molar-refractivity contribution in [3.05, 3.63) is 29.3 Å². The van der Waals surface area contributed by atoms with E-state index >= 15 is 0 Å². The molecule has 2 aliphatic rings. The van der Waals surface area contributed by atoms with E-state index in [0.29, 0.717) is 19.3 Å². The summed E-state index contributed by atoms with van der Waals surface area (Å²) in [5.41, 5.74) is 2.19. The first kappa shape index (κ1) is 15.2. The largest absolute Gasteiger partial charge is 0.497 e. The van der Waals surface area contributed by atoms with E-state index in [-0.39, 0.29) is 18.5 Å². The Bertz CT molecular complexity index is 585. The first-order chi connectivity index (χ1) is 10.4. The van der Waals surface area contributed by atoms with E-state index in [1.165, 1.54) is 0 Å². The van der Waals surface area contributed by atoms with Crippen LogP contribution in [0.15, 0.2) is 18.2 Å². The highest BCUT2D eigenvalue weighted by atomic mass is 19.4. The molecule has 0 spiro atoms. The number of fused-ring (bicyclic) bond motifs is 3. The molecule has 1 fully saturated rings. The molecule has 1 amide bonds. The Balaban J connectivity index is 1.90. The number of ether oxygens (including phenoxy) is 1. The number of aryl methyl sites for hydroxylation is 1. The smallest absolute Gasteiger partial charge is 0.471 e. The molecule has 22 heavy (non-hydrogen) atoms. The maximum atomic E-state index is 12.8. The maximum absolute atomic E-state index is 12.8. The third-order valence-corrected chi connectivity index (χ3v) is 4.74. The number of nitrogens with zero attached hydrogens (tertiary/aromatic N) is 1. The number of carbonyl (C=O) groups is 1. The van der Waals surface area contributed by atoms with Gasteiger partial charge in [0, 0.05) is 18.5 Å². The molecule has 3 nitrogen and oxygen atoms in total. The molecule has 1 aromatic rings. The number of piperidine rings is 1. The van der Waals surface area contributed by atoms with Gasteiger partial charge in [-0.3, -0.25) is 4.79 Å². The van der Waals surface area contributed by atoms with E-state index in [4.69, 9.17) is 4.74 Å². The zero-order valence-electron chi connectivity index (χ0n) is 12.3. The van der Waals surface area contributed by atoms with Gasteiger partial charge in [0.15, 0.2) is 0 Å². The zero-order valence-corrected chi connectivity index (χ0v) is 12.3. The molecule has 120 valence electrons. The number of amides is 1. The van der Waals surface area contributed by atoms with Crippen molar-refractivity contribution in [2.45, 2.75) is 43.8 Å². The van der Waals surface area contributed by atoms with E-state index in [0.717, 1.165) is 28.2 Å². The van der Waals surface area contributed by atoms with Crippen molar-refractivity contribution in [1.29, 1.82) is 0 Å². The molecule has 0 saturated carbocycles. The number of benzene rings is 1. The van der Waals surface area contributed by atoms with Gasteiger partial charge in [0.05, 0.1) is 7.11 Å². The van der Waals surface area contributed by atoms with Crippen LogP contribution < -0.4 is 4.74 Å². The monoisotopic (exact) mass is 313 g/mol. The van der Waals surface area contributed by atoms with Gasteiger partial charge in [-0.2, -0.15) is 13.2 Å². The molecule has 0 aromatic heterocycles. The van der Waals surface area contributed by atoms with E-state index in [1.807, 2.05) is 18.2 Å². The van der Waals surface area contributed by atoms with Gasteiger partial charge in [-0.25, -0.2) is 0 Å². The number of alkyl halides is 3. The molecule has 2 atom stereocenters. The summed E-state index contributed by atoms with van der Waals surface area (Å²) >= 11 is 0. The van der Waals surface area contributed by atoms with E-state index < -0.39 is 12.1 Å². The minimum Gasteiger partial charge on any atom is -0.497 e. The van der Waals surface area contributed by atoms with Gasteiger partial charge < -0.3 is 9.64 Å². The molecule has 1 aliphatic heterocycles. The second-order valence-electron chi connectivity index (χ2n) is 5.92. The van der Waals surface area contributed by atoms with Gasteiger partial charge >= 0.3 is 12.1 Å². The lowest BCUT2D eigenvalue weighted by Crippen LogP contribution is -2.53. The van der Waals surface area contributed by atoms with Crippen LogP contribution in [0.4, 0.5) is 13.2 Å². The number of hydrogen-bond donors (Lipinski definition) is 0. The molecule has 1 aliphatic carbocycles. The zero-order chi connectivity index (χ0) is 15.9. The molecule has 0 radical (unpaired) electrons. The van der Waals surface area contributed by atoms with Crippen molar-refractivity contribution in [1.82, 2.24) is 4.90 Å². The second kappa shape index (κ2) is 5.48. The highest BCUT2D eigenvalue weighted by molar-refractivity contribution is 5.82. The first-order valence-corrected chi connectivity index (χ1v) is 7.46. The van der Waals surface area contributed by atoms with E-state index in [2.05, 4.69) is 0 Å². The minimum atomic E-state index is -4.79. The summed E-state index contributed by atoms with van der Waals surface area (Å²) in [5.74, 6) is -0.940. The van der Waals surface area contributed by atoms with Crippen LogP contribution in [-0.2, 0) is 11.2 Å². The lowest BCUT2D eigenvalue weighted by Gasteiger charge is -2.45. The minimum absolute atomic E-state index is 0.00490. The fourth-order valence-electron chi connectivity index (χ4n) is 3.78. The Hall–Kier alpha value is -1.72. The Morgan fingerprint density at radius 2 is 2.09 bits per heavy atom. The third-order valence-electron chi connectivity index (χ3n) is 4.74. The van der Waals surface area contributed by atoms with E-state index in [9.17, 15) is 18.0 Å². The SMILES string of the molecule is COc1ccc2c(c1)CC[C@H]1[C@@H]2CCCN1C(=O)C(F)(F)F. The average molecular weight is 313 g/mol. The van der Waals surface area contributed by atoms with Crippen molar-refractivity contribution in [2.24, 2.45) is 0 Å². The molecule has 3 rings (SSSR count). The van der Waals surface area contributed by atoms with Gasteiger partial charge in [-0.05, 0) is 48.9 Å². The van der Waals surface area contributed by atoms with Crippen LogP contribution in [0.2, 0.25) is 0 Å². The van der Waals surface area contributed by atoms with Gasteiger partial charge in [0.2, 0.25) is 0 Å². The Labute approximate surface area is 127 Å². The van der Waals surface area contributed by atoms with E-state index in [1.54, 1.807) is 7.11 Å². The van der Waals surface area contributed by atoms with Crippen LogP contribution in [-0.4, -0.2) is 36.7 Å². The highest BCUT2D eigenvalue weighted by Gasteiger charge is 2.48. The standard InChI is InChI=1S/C16H18F3NO2/c1-22-11-5-6-12-10(9-11)4-7-14-13(12)3-2-8-20(14)15(21)16(17,18)19/h5-6,9,13-14H,2-4,7-8H2,1H3/t13-,14+/m1/s1. The van der Waals surface area contributed by atoms with Gasteiger partial charge in [0.25, 0.3) is 0 Å². The summed E-state index contributed by atoms with van der Waals surface area (Å²) in [4.78, 5) is 12.7. The van der Waals surface area contributed by atoms with Crippen LogP contribution in [0.25, 0.3) is 0 Å². The normalized spacial score (nSPS) is 24.5. The van der Waals surface area contributed by atoms with Crippen molar-refractivity contribution >= 4 is 5.91 Å². The van der Waals surface area contributed by atoms with Crippen LogP contribution in [0.5, 0.6) is 5.75 Å². The summed E-state index contributed by atoms with van der Waals surface area (Å²) in [7, 11) is 1.59. The summed E-state index contributed by atoms with van der Waals surface area (Å²) in [6.07, 6.45) is -2.11. The molecule has 0 unspecified atom stereocenters. The molecule has 0 N–H and O–H groups in total. The van der Waals surface area contributed by atoms with Crippen molar-refractivity contribution in [3.63, 3.8) is 0 Å². The highest BCUT2D eigenvalue weighted by Crippen LogP contribution is 2.42. The van der Waals surface area contributed by atoms with Crippen molar-refractivity contribution < 1.29 is 22.7 Å². The summed E-state index contributed by atoms with van der Waals surface area (Å²) in [6.45, 7) is 0.199. The lowest BCUT2D eigenvalue weighted by atomic mass is 9.74. The first-order valence-electron chi connectivity index (χ1n) is 7.46. The van der Waals surface area contributed by atoms with Gasteiger partial charge in [-0.15, -0.1) is 0 Å². The summed E-state index contributed by atoms with van der Waals surface area (Å²) in [5, 5.41) is 0. The number of rotatable bonds is 1.